The van der Waals surface area contributed by atoms with Crippen LogP contribution < -0.4 is 0 Å². The second kappa shape index (κ2) is 4.02. The standard InChI is InChI=1S/C9H6N4OS/c10-3-4-13-9(7(6-14)11-12-13)8-2-1-5-15-8/h1-2,5-6H,4H2. The molecule has 5 nitrogen and oxygen atoms in total. The first-order chi connectivity index (χ1) is 7.36. The summed E-state index contributed by atoms with van der Waals surface area (Å²) in [7, 11) is 0. The Morgan fingerprint density at radius 1 is 1.67 bits per heavy atom. The minimum absolute atomic E-state index is 0.0913. The van der Waals surface area contributed by atoms with Crippen LogP contribution in [0.5, 0.6) is 0 Å². The van der Waals surface area contributed by atoms with Gasteiger partial charge in [0.2, 0.25) is 0 Å². The van der Waals surface area contributed by atoms with Gasteiger partial charge in [0.1, 0.15) is 12.2 Å². The Labute approximate surface area is 89.6 Å². The molecule has 0 aromatic carbocycles. The van der Waals surface area contributed by atoms with Crippen molar-refractivity contribution in [1.29, 1.82) is 5.26 Å². The van der Waals surface area contributed by atoms with Crippen LogP contribution in [0.4, 0.5) is 0 Å². The number of aldehydes is 1. The maximum atomic E-state index is 10.7. The Balaban J connectivity index is 2.56. The van der Waals surface area contributed by atoms with Crippen molar-refractivity contribution in [3.8, 4) is 16.6 Å². The molecule has 15 heavy (non-hydrogen) atoms. The topological polar surface area (TPSA) is 71.6 Å². The highest BCUT2D eigenvalue weighted by molar-refractivity contribution is 7.13. The van der Waals surface area contributed by atoms with Crippen molar-refractivity contribution in [1.82, 2.24) is 15.0 Å². The van der Waals surface area contributed by atoms with E-state index in [1.54, 1.807) is 0 Å². The Hall–Kier alpha value is -2.00. The molecule has 2 rings (SSSR count). The van der Waals surface area contributed by atoms with Crippen LogP contribution in [0.2, 0.25) is 0 Å². The number of carbonyl (C=O) groups is 1. The minimum Gasteiger partial charge on any atom is -0.296 e. The summed E-state index contributed by atoms with van der Waals surface area (Å²) in [6.07, 6.45) is 0.649. The molecule has 0 bridgehead atoms. The third kappa shape index (κ3) is 1.65. The van der Waals surface area contributed by atoms with Crippen LogP contribution in [0, 0.1) is 11.3 Å². The molecule has 0 radical (unpaired) electrons. The summed E-state index contributed by atoms with van der Waals surface area (Å²) in [6, 6.07) is 5.71. The van der Waals surface area contributed by atoms with E-state index in [2.05, 4.69) is 10.3 Å². The Bertz CT molecular complexity index is 509. The van der Waals surface area contributed by atoms with E-state index >= 15 is 0 Å². The molecule has 0 aliphatic carbocycles. The van der Waals surface area contributed by atoms with E-state index in [1.807, 2.05) is 23.6 Å². The first-order valence-corrected chi connectivity index (χ1v) is 5.04. The second-order valence-corrected chi connectivity index (χ2v) is 3.68. The lowest BCUT2D eigenvalue weighted by molar-refractivity contribution is 0.111. The highest BCUT2D eigenvalue weighted by Gasteiger charge is 2.14. The first-order valence-electron chi connectivity index (χ1n) is 4.16. The number of nitriles is 1. The molecule has 0 amide bonds. The zero-order valence-corrected chi connectivity index (χ0v) is 8.44. The highest BCUT2D eigenvalue weighted by atomic mass is 32.1. The van der Waals surface area contributed by atoms with Gasteiger partial charge in [0, 0.05) is 0 Å². The summed E-state index contributed by atoms with van der Waals surface area (Å²) in [5.74, 6) is 0. The fourth-order valence-electron chi connectivity index (χ4n) is 1.25. The van der Waals surface area contributed by atoms with Gasteiger partial charge in [-0.05, 0) is 11.4 Å². The van der Waals surface area contributed by atoms with Crippen molar-refractivity contribution in [2.24, 2.45) is 0 Å². The zero-order chi connectivity index (χ0) is 10.7. The first kappa shape index (κ1) is 9.55. The van der Waals surface area contributed by atoms with Gasteiger partial charge < -0.3 is 0 Å². The van der Waals surface area contributed by atoms with E-state index in [1.165, 1.54) is 16.0 Å². The quantitative estimate of drug-likeness (QED) is 0.729. The molecule has 0 aliphatic heterocycles. The molecular weight excluding hydrogens is 212 g/mol. The number of nitrogens with zero attached hydrogens (tertiary/aromatic N) is 4. The van der Waals surface area contributed by atoms with Crippen molar-refractivity contribution in [3.63, 3.8) is 0 Å². The Morgan fingerprint density at radius 2 is 2.53 bits per heavy atom. The van der Waals surface area contributed by atoms with Crippen LogP contribution in [0.25, 0.3) is 10.6 Å². The number of rotatable bonds is 3. The molecule has 0 atom stereocenters. The average Bonchev–Trinajstić information content (AvgIpc) is 2.85. The van der Waals surface area contributed by atoms with Gasteiger partial charge in [-0.2, -0.15) is 5.26 Å². The molecule has 0 unspecified atom stereocenters. The summed E-state index contributed by atoms with van der Waals surface area (Å²) >= 11 is 1.48. The lowest BCUT2D eigenvalue weighted by Gasteiger charge is -1.98. The molecular formula is C9H6N4OS. The lowest BCUT2D eigenvalue weighted by Crippen LogP contribution is -2.00. The van der Waals surface area contributed by atoms with Gasteiger partial charge in [-0.25, -0.2) is 4.68 Å². The smallest absolute Gasteiger partial charge is 0.172 e. The van der Waals surface area contributed by atoms with Crippen molar-refractivity contribution in [3.05, 3.63) is 23.2 Å². The summed E-state index contributed by atoms with van der Waals surface area (Å²) in [5, 5.41) is 18.0. The summed E-state index contributed by atoms with van der Waals surface area (Å²) in [5.41, 5.74) is 0.884. The van der Waals surface area contributed by atoms with Gasteiger partial charge >= 0.3 is 0 Å². The van der Waals surface area contributed by atoms with E-state index in [-0.39, 0.29) is 12.2 Å². The van der Waals surface area contributed by atoms with Crippen LogP contribution in [-0.2, 0) is 6.54 Å². The number of carbonyl (C=O) groups excluding carboxylic acids is 1. The van der Waals surface area contributed by atoms with E-state index in [9.17, 15) is 4.79 Å². The summed E-state index contributed by atoms with van der Waals surface area (Å²) in [6.45, 7) is 0.0913. The van der Waals surface area contributed by atoms with Crippen molar-refractivity contribution >= 4 is 17.6 Å². The Kier molecular flexibility index (Phi) is 2.56. The molecule has 0 saturated carbocycles. The molecule has 0 fully saturated rings. The van der Waals surface area contributed by atoms with Crippen LogP contribution >= 0.6 is 11.3 Å². The predicted molar refractivity (Wildman–Crippen MR) is 54.3 cm³/mol. The second-order valence-electron chi connectivity index (χ2n) is 2.73. The van der Waals surface area contributed by atoms with E-state index < -0.39 is 0 Å². The van der Waals surface area contributed by atoms with Crippen LogP contribution in [0.1, 0.15) is 10.5 Å². The minimum atomic E-state index is 0.0913. The van der Waals surface area contributed by atoms with Gasteiger partial charge in [-0.15, -0.1) is 16.4 Å². The van der Waals surface area contributed by atoms with Crippen molar-refractivity contribution in [2.75, 3.05) is 0 Å². The molecule has 6 heteroatoms. The van der Waals surface area contributed by atoms with Crippen LogP contribution in [0.3, 0.4) is 0 Å². The summed E-state index contributed by atoms with van der Waals surface area (Å²) in [4.78, 5) is 11.6. The molecule has 2 aromatic rings. The Morgan fingerprint density at radius 3 is 3.13 bits per heavy atom. The fourth-order valence-corrected chi connectivity index (χ4v) is 2.03. The maximum Gasteiger partial charge on any atom is 0.172 e. The van der Waals surface area contributed by atoms with Gasteiger partial charge in [-0.3, -0.25) is 4.79 Å². The third-order valence-corrected chi connectivity index (χ3v) is 2.72. The molecule has 0 aliphatic rings. The zero-order valence-electron chi connectivity index (χ0n) is 7.62. The molecule has 0 N–H and O–H groups in total. The van der Waals surface area contributed by atoms with E-state index in [4.69, 9.17) is 5.26 Å². The predicted octanol–water partition coefficient (Wildman–Crippen LogP) is 1.34. The van der Waals surface area contributed by atoms with Gasteiger partial charge in [0.05, 0.1) is 10.9 Å². The van der Waals surface area contributed by atoms with E-state index in [0.29, 0.717) is 12.0 Å². The van der Waals surface area contributed by atoms with Gasteiger partial charge in [0.15, 0.2) is 12.0 Å². The molecule has 74 valence electrons. The van der Waals surface area contributed by atoms with Crippen molar-refractivity contribution in [2.45, 2.75) is 6.54 Å². The lowest BCUT2D eigenvalue weighted by atomic mass is 10.3. The monoisotopic (exact) mass is 218 g/mol. The van der Waals surface area contributed by atoms with Crippen molar-refractivity contribution < 1.29 is 4.79 Å². The van der Waals surface area contributed by atoms with Crippen LogP contribution in [0.15, 0.2) is 17.5 Å². The normalized spacial score (nSPS) is 9.80. The fraction of sp³-hybridized carbons (Fsp3) is 0.111. The number of thiophene rings is 1. The number of hydrogen-bond donors (Lipinski definition) is 0. The number of hydrogen-bond acceptors (Lipinski definition) is 5. The highest BCUT2D eigenvalue weighted by Crippen LogP contribution is 2.25. The van der Waals surface area contributed by atoms with Gasteiger partial charge in [-0.1, -0.05) is 11.3 Å². The van der Waals surface area contributed by atoms with Gasteiger partial charge in [0.25, 0.3) is 0 Å². The van der Waals surface area contributed by atoms with E-state index in [0.717, 1.165) is 4.88 Å². The van der Waals surface area contributed by atoms with Crippen LogP contribution in [-0.4, -0.2) is 21.3 Å². The SMILES string of the molecule is N#CCn1nnc(C=O)c1-c1cccs1. The molecule has 2 heterocycles. The maximum absolute atomic E-state index is 10.7. The average molecular weight is 218 g/mol. The molecule has 2 aromatic heterocycles. The summed E-state index contributed by atoms with van der Waals surface area (Å²) < 4.78 is 1.43. The molecule has 0 saturated heterocycles. The molecule has 0 spiro atoms. The third-order valence-electron chi connectivity index (χ3n) is 1.85. The largest absolute Gasteiger partial charge is 0.296 e. The number of aromatic nitrogens is 3.